The molecule has 0 aliphatic carbocycles. The number of nitrogens with zero attached hydrogens (tertiary/aromatic N) is 2. The highest BCUT2D eigenvalue weighted by molar-refractivity contribution is 6.22. The minimum atomic E-state index is -0.634. The summed E-state index contributed by atoms with van der Waals surface area (Å²) in [7, 11) is 0. The van der Waals surface area contributed by atoms with Gasteiger partial charge in [0.05, 0.1) is 11.1 Å². The molecule has 0 unspecified atom stereocenters. The molecule has 0 N–H and O–H groups in total. The van der Waals surface area contributed by atoms with Gasteiger partial charge in [0.25, 0.3) is 11.8 Å². The second-order valence-corrected chi connectivity index (χ2v) is 6.65. The molecule has 2 saturated heterocycles. The van der Waals surface area contributed by atoms with E-state index in [4.69, 9.17) is 0 Å². The Morgan fingerprint density at radius 3 is 2.17 bits per heavy atom. The van der Waals surface area contributed by atoms with Crippen molar-refractivity contribution in [2.24, 2.45) is 0 Å². The van der Waals surface area contributed by atoms with E-state index in [9.17, 15) is 14.4 Å². The van der Waals surface area contributed by atoms with Gasteiger partial charge in [0.15, 0.2) is 0 Å². The fourth-order valence-electron chi connectivity index (χ4n) is 4.18. The Morgan fingerprint density at radius 2 is 1.48 bits per heavy atom. The topological polar surface area (TPSA) is 57.7 Å². The summed E-state index contributed by atoms with van der Waals surface area (Å²) in [4.78, 5) is 41.4. The largest absolute Gasteiger partial charge is 0.338 e. The van der Waals surface area contributed by atoms with Gasteiger partial charge in [-0.2, -0.15) is 0 Å². The zero-order valence-electron chi connectivity index (χ0n) is 13.0. The second-order valence-electron chi connectivity index (χ2n) is 6.65. The number of carbonyl (C=O) groups excluding carboxylic acids is 3. The summed E-state index contributed by atoms with van der Waals surface area (Å²) in [6, 6.07) is 6.49. The van der Waals surface area contributed by atoms with Crippen LogP contribution < -0.4 is 0 Å². The Kier molecular flexibility index (Phi) is 3.43. The molecule has 3 aliphatic heterocycles. The summed E-state index contributed by atoms with van der Waals surface area (Å²) in [5.41, 5.74) is 0.842. The number of amides is 3. The highest BCUT2D eigenvalue weighted by Gasteiger charge is 2.45. The van der Waals surface area contributed by atoms with Crippen LogP contribution in [-0.2, 0) is 4.79 Å². The summed E-state index contributed by atoms with van der Waals surface area (Å²) in [6.45, 7) is 0.753. The van der Waals surface area contributed by atoms with Crippen LogP contribution in [0.15, 0.2) is 24.3 Å². The van der Waals surface area contributed by atoms with Crippen molar-refractivity contribution < 1.29 is 14.4 Å². The van der Waals surface area contributed by atoms with E-state index in [1.165, 1.54) is 4.90 Å². The van der Waals surface area contributed by atoms with Crippen LogP contribution >= 0.6 is 0 Å². The van der Waals surface area contributed by atoms with E-state index < -0.39 is 6.04 Å². The number of benzene rings is 1. The van der Waals surface area contributed by atoms with Crippen LogP contribution in [0.5, 0.6) is 0 Å². The molecule has 3 heterocycles. The van der Waals surface area contributed by atoms with E-state index in [1.54, 1.807) is 24.3 Å². The normalized spacial score (nSPS) is 27.7. The zero-order valence-corrected chi connectivity index (χ0v) is 13.0. The molecular formula is C18H20N2O3. The molecule has 2 atom stereocenters. The lowest BCUT2D eigenvalue weighted by molar-refractivity contribution is -0.138. The molecule has 0 spiro atoms. The molecule has 5 heteroatoms. The van der Waals surface area contributed by atoms with Crippen LogP contribution in [0.4, 0.5) is 0 Å². The second kappa shape index (κ2) is 5.48. The fourth-order valence-corrected chi connectivity index (χ4v) is 4.18. The third-order valence-corrected chi connectivity index (χ3v) is 5.35. The zero-order chi connectivity index (χ0) is 16.0. The summed E-state index contributed by atoms with van der Waals surface area (Å²) in [6.07, 6.45) is 5.65. The van der Waals surface area contributed by atoms with E-state index in [-0.39, 0.29) is 23.8 Å². The lowest BCUT2D eigenvalue weighted by atomic mass is 9.99. The molecule has 0 saturated carbocycles. The van der Waals surface area contributed by atoms with Gasteiger partial charge in [-0.25, -0.2) is 0 Å². The number of hydrogen-bond donors (Lipinski definition) is 0. The fraction of sp³-hybridized carbons (Fsp3) is 0.500. The summed E-state index contributed by atoms with van der Waals surface area (Å²) >= 11 is 0. The van der Waals surface area contributed by atoms with Crippen molar-refractivity contribution in [1.29, 1.82) is 0 Å². The number of rotatable bonds is 1. The van der Waals surface area contributed by atoms with Crippen molar-refractivity contribution in [3.63, 3.8) is 0 Å². The predicted molar refractivity (Wildman–Crippen MR) is 83.9 cm³/mol. The molecule has 0 bridgehead atoms. The molecule has 120 valence electrons. The quantitative estimate of drug-likeness (QED) is 0.747. The first-order valence-electron chi connectivity index (χ1n) is 8.46. The van der Waals surface area contributed by atoms with E-state index in [1.807, 2.05) is 4.90 Å². The number of carbonyl (C=O) groups is 3. The van der Waals surface area contributed by atoms with Crippen molar-refractivity contribution in [2.75, 3.05) is 6.54 Å². The Labute approximate surface area is 135 Å². The maximum Gasteiger partial charge on any atom is 0.262 e. The minimum absolute atomic E-state index is 0.0401. The van der Waals surface area contributed by atoms with Gasteiger partial charge in [0.1, 0.15) is 6.04 Å². The summed E-state index contributed by atoms with van der Waals surface area (Å²) < 4.78 is 0. The van der Waals surface area contributed by atoms with Gasteiger partial charge in [0, 0.05) is 12.6 Å². The Morgan fingerprint density at radius 1 is 0.826 bits per heavy atom. The predicted octanol–water partition coefficient (Wildman–Crippen LogP) is 2.22. The van der Waals surface area contributed by atoms with E-state index in [0.717, 1.165) is 38.6 Å². The first kappa shape index (κ1) is 14.4. The van der Waals surface area contributed by atoms with E-state index in [2.05, 4.69) is 0 Å². The van der Waals surface area contributed by atoms with Gasteiger partial charge in [0.2, 0.25) is 5.91 Å². The maximum absolute atomic E-state index is 13.0. The highest BCUT2D eigenvalue weighted by atomic mass is 16.2. The average Bonchev–Trinajstić information content (AvgIpc) is 2.73. The van der Waals surface area contributed by atoms with Crippen molar-refractivity contribution in [1.82, 2.24) is 9.80 Å². The van der Waals surface area contributed by atoms with Crippen LogP contribution in [0.2, 0.25) is 0 Å². The van der Waals surface area contributed by atoms with Gasteiger partial charge in [-0.3, -0.25) is 19.3 Å². The molecule has 3 amide bonds. The molecule has 0 radical (unpaired) electrons. The van der Waals surface area contributed by atoms with Crippen molar-refractivity contribution in [3.8, 4) is 0 Å². The van der Waals surface area contributed by atoms with Crippen LogP contribution in [0, 0.1) is 0 Å². The number of imide groups is 1. The van der Waals surface area contributed by atoms with Gasteiger partial charge in [-0.05, 0) is 50.7 Å². The van der Waals surface area contributed by atoms with Crippen LogP contribution in [-0.4, -0.2) is 46.1 Å². The van der Waals surface area contributed by atoms with Crippen molar-refractivity contribution >= 4 is 17.7 Å². The molecule has 23 heavy (non-hydrogen) atoms. The highest BCUT2D eigenvalue weighted by Crippen LogP contribution is 2.32. The van der Waals surface area contributed by atoms with Crippen LogP contribution in [0.25, 0.3) is 0 Å². The Balaban J connectivity index is 1.66. The minimum Gasteiger partial charge on any atom is -0.338 e. The SMILES string of the molecule is O=C1[C@@H](N2C(=O)c3ccccc3C2=O)CCC[C@H]2CCCCN12. The molecule has 5 nitrogen and oxygen atoms in total. The summed E-state index contributed by atoms with van der Waals surface area (Å²) in [5.74, 6) is -0.680. The molecule has 1 aromatic carbocycles. The number of hydrogen-bond acceptors (Lipinski definition) is 3. The molecule has 1 aromatic rings. The third kappa shape index (κ3) is 2.18. The van der Waals surface area contributed by atoms with Gasteiger partial charge in [-0.1, -0.05) is 12.1 Å². The molecule has 4 rings (SSSR count). The maximum atomic E-state index is 13.0. The molecular weight excluding hydrogens is 292 g/mol. The van der Waals surface area contributed by atoms with Gasteiger partial charge < -0.3 is 4.90 Å². The molecule has 0 aromatic heterocycles. The molecule has 3 aliphatic rings. The monoisotopic (exact) mass is 312 g/mol. The van der Waals surface area contributed by atoms with Gasteiger partial charge in [-0.15, -0.1) is 0 Å². The third-order valence-electron chi connectivity index (χ3n) is 5.35. The standard InChI is InChI=1S/C18H20N2O3/c21-16-13-8-1-2-9-14(13)17(22)20(16)15-10-5-7-12-6-3-4-11-19(12)18(15)23/h1-2,8-9,12,15H,3-7,10-11H2/t12-,15+/m1/s1. The molecule has 2 fully saturated rings. The first-order chi connectivity index (χ1) is 11.2. The van der Waals surface area contributed by atoms with Gasteiger partial charge >= 0.3 is 0 Å². The van der Waals surface area contributed by atoms with Crippen molar-refractivity contribution in [2.45, 2.75) is 50.6 Å². The smallest absolute Gasteiger partial charge is 0.262 e. The Hall–Kier alpha value is -2.17. The average molecular weight is 312 g/mol. The summed E-state index contributed by atoms with van der Waals surface area (Å²) in [5, 5.41) is 0. The lowest BCUT2D eigenvalue weighted by Crippen LogP contribution is -2.53. The van der Waals surface area contributed by atoms with E-state index >= 15 is 0 Å². The van der Waals surface area contributed by atoms with Crippen molar-refractivity contribution in [3.05, 3.63) is 35.4 Å². The van der Waals surface area contributed by atoms with Crippen LogP contribution in [0.1, 0.15) is 59.2 Å². The first-order valence-corrected chi connectivity index (χ1v) is 8.46. The number of fused-ring (bicyclic) bond motifs is 2. The van der Waals surface area contributed by atoms with Crippen LogP contribution in [0.3, 0.4) is 0 Å². The van der Waals surface area contributed by atoms with E-state index in [0.29, 0.717) is 17.5 Å². The number of piperidine rings is 1. The Bertz CT molecular complexity index is 650. The lowest BCUT2D eigenvalue weighted by Gasteiger charge is -2.36.